The lowest BCUT2D eigenvalue weighted by Gasteiger charge is -2.10. The molecular weight excluding hydrogens is 677 g/mol. The zero-order valence-electron chi connectivity index (χ0n) is 34.7. The van der Waals surface area contributed by atoms with Gasteiger partial charge in [-0.15, -0.1) is 0 Å². The fourth-order valence-electron chi connectivity index (χ4n) is 4.34. The Labute approximate surface area is 332 Å². The van der Waals surface area contributed by atoms with E-state index in [0.717, 1.165) is 38.3 Å². The van der Waals surface area contributed by atoms with E-state index in [1.807, 2.05) is 31.2 Å². The van der Waals surface area contributed by atoms with Gasteiger partial charge in [0.15, 0.2) is 0 Å². The van der Waals surface area contributed by atoms with Gasteiger partial charge in [0.2, 0.25) is 0 Å². The first-order chi connectivity index (χ1) is 26.4. The molecule has 0 atom stereocenters. The predicted molar refractivity (Wildman–Crippen MR) is 236 cm³/mol. The summed E-state index contributed by atoms with van der Waals surface area (Å²) in [5.74, 6) is 0. The Morgan fingerprint density at radius 1 is 0.455 bits per heavy atom. The van der Waals surface area contributed by atoms with E-state index in [2.05, 4.69) is 170 Å². The highest BCUT2D eigenvalue weighted by Crippen LogP contribution is 2.10. The first kappa shape index (κ1) is 47.7. The van der Waals surface area contributed by atoms with Crippen molar-refractivity contribution < 1.29 is 9.66 Å². The second-order valence-corrected chi connectivity index (χ2v) is 13.4. The van der Waals surface area contributed by atoms with Crippen molar-refractivity contribution in [3.63, 3.8) is 0 Å². The average Bonchev–Trinajstić information content (AvgIpc) is 3.21. The van der Waals surface area contributed by atoms with Gasteiger partial charge in [-0.25, -0.2) is 0 Å². The van der Waals surface area contributed by atoms with E-state index in [4.69, 9.17) is 4.74 Å². The Bertz CT molecular complexity index is 1610. The average molecular weight is 741 g/mol. The predicted octanol–water partition coefficient (Wildman–Crippen LogP) is 12.7. The number of benzene rings is 6. The molecule has 0 aliphatic carbocycles. The molecule has 0 spiro atoms. The molecule has 0 unspecified atom stereocenters. The molecule has 5 nitrogen and oxygen atoms in total. The minimum absolute atomic E-state index is 0.144. The molecule has 1 saturated heterocycles. The van der Waals surface area contributed by atoms with E-state index in [1.165, 1.54) is 56.6 Å². The van der Waals surface area contributed by atoms with E-state index < -0.39 is 4.92 Å². The maximum Gasteiger partial charge on any atom is 0.269 e. The molecule has 55 heavy (non-hydrogen) atoms. The number of morpholine rings is 1. The van der Waals surface area contributed by atoms with Gasteiger partial charge in [0, 0.05) is 25.2 Å². The summed E-state index contributed by atoms with van der Waals surface area (Å²) in [4.78, 5) is 9.71. The summed E-state index contributed by atoms with van der Waals surface area (Å²) in [6.45, 7) is 22.6. The third kappa shape index (κ3) is 27.0. The first-order valence-electron chi connectivity index (χ1n) is 19.0. The van der Waals surface area contributed by atoms with Gasteiger partial charge < -0.3 is 10.1 Å². The first-order valence-corrected chi connectivity index (χ1v) is 19.0. The molecule has 1 N–H and O–H groups in total. The number of nitrogens with one attached hydrogen (secondary N) is 1. The standard InChI is InChI=1S/4C8H10.C7H7NO2.C7H8.C4H9NO/c3*1-7-3-5-8(2)6-4-7;1-2-8-6-4-3-5-7-8;1-6-2-4-7(5-3-6)8(9)10;1-7-5-3-2-4-6-7;1-3-6-4-2-5-1/h3*3-6H,1-2H3;3-7H,2H2,1H3;2-5H,1H3;2-6H,1H3;5H,1-4H2. The van der Waals surface area contributed by atoms with Crippen molar-refractivity contribution in [2.24, 2.45) is 0 Å². The van der Waals surface area contributed by atoms with Crippen LogP contribution >= 0.6 is 0 Å². The van der Waals surface area contributed by atoms with Crippen LogP contribution in [0.2, 0.25) is 0 Å². The molecule has 0 radical (unpaired) electrons. The molecule has 1 fully saturated rings. The van der Waals surface area contributed by atoms with Crippen LogP contribution < -0.4 is 5.32 Å². The zero-order valence-corrected chi connectivity index (χ0v) is 34.7. The quantitative estimate of drug-likeness (QED) is 0.142. The van der Waals surface area contributed by atoms with Gasteiger partial charge in [0.25, 0.3) is 5.69 Å². The lowest BCUT2D eigenvalue weighted by molar-refractivity contribution is -0.384. The van der Waals surface area contributed by atoms with E-state index in [1.54, 1.807) is 12.1 Å². The van der Waals surface area contributed by atoms with Crippen molar-refractivity contribution in [2.75, 3.05) is 26.3 Å². The maximum absolute atomic E-state index is 10.1. The van der Waals surface area contributed by atoms with Crippen molar-refractivity contribution in [1.82, 2.24) is 5.32 Å². The highest BCUT2D eigenvalue weighted by molar-refractivity contribution is 5.32. The van der Waals surface area contributed by atoms with Crippen molar-refractivity contribution in [1.29, 1.82) is 0 Å². The van der Waals surface area contributed by atoms with Crippen LogP contribution in [0.15, 0.2) is 158 Å². The van der Waals surface area contributed by atoms with Gasteiger partial charge in [-0.1, -0.05) is 197 Å². The molecule has 1 aliphatic heterocycles. The molecule has 1 aliphatic rings. The summed E-state index contributed by atoms with van der Waals surface area (Å²) >= 11 is 0. The summed E-state index contributed by atoms with van der Waals surface area (Å²) in [5, 5.41) is 13.3. The molecule has 0 saturated carbocycles. The summed E-state index contributed by atoms with van der Waals surface area (Å²) in [6.07, 6.45) is 1.14. The molecule has 7 rings (SSSR count). The number of nitrogens with zero attached hydrogens (tertiary/aromatic N) is 1. The number of hydrogen-bond donors (Lipinski definition) is 1. The van der Waals surface area contributed by atoms with Crippen LogP contribution in [-0.4, -0.2) is 31.2 Å². The molecule has 6 aromatic rings. The molecule has 5 heteroatoms. The van der Waals surface area contributed by atoms with Gasteiger partial charge in [0.1, 0.15) is 0 Å². The number of aryl methyl sites for hydroxylation is 9. The van der Waals surface area contributed by atoms with E-state index in [9.17, 15) is 10.1 Å². The number of hydrogen-bond acceptors (Lipinski definition) is 4. The number of rotatable bonds is 2. The monoisotopic (exact) mass is 740 g/mol. The van der Waals surface area contributed by atoms with Crippen molar-refractivity contribution in [2.45, 2.75) is 68.7 Å². The van der Waals surface area contributed by atoms with Gasteiger partial charge in [0.05, 0.1) is 18.1 Å². The number of nitro groups is 1. The Kier molecular flexibility index (Phi) is 26.0. The minimum Gasteiger partial charge on any atom is -0.379 e. The second-order valence-electron chi connectivity index (χ2n) is 13.4. The van der Waals surface area contributed by atoms with Crippen molar-refractivity contribution in [3.8, 4) is 0 Å². The number of ether oxygens (including phenoxy) is 1. The number of non-ortho nitro benzene ring substituents is 1. The molecule has 0 bridgehead atoms. The van der Waals surface area contributed by atoms with Crippen LogP contribution in [-0.2, 0) is 11.2 Å². The summed E-state index contributed by atoms with van der Waals surface area (Å²) in [7, 11) is 0. The molecule has 0 aromatic heterocycles. The largest absolute Gasteiger partial charge is 0.379 e. The van der Waals surface area contributed by atoms with E-state index in [-0.39, 0.29) is 5.69 Å². The van der Waals surface area contributed by atoms with Crippen LogP contribution in [0.5, 0.6) is 0 Å². The second kappa shape index (κ2) is 30.0. The van der Waals surface area contributed by atoms with Crippen molar-refractivity contribution in [3.05, 3.63) is 218 Å². The van der Waals surface area contributed by atoms with Crippen LogP contribution in [0.1, 0.15) is 57.0 Å². The van der Waals surface area contributed by atoms with Crippen LogP contribution in [0.3, 0.4) is 0 Å². The smallest absolute Gasteiger partial charge is 0.269 e. The summed E-state index contributed by atoms with van der Waals surface area (Å²) < 4.78 is 5.01. The number of nitro benzene ring substituents is 1. The highest BCUT2D eigenvalue weighted by atomic mass is 16.6. The van der Waals surface area contributed by atoms with Gasteiger partial charge >= 0.3 is 0 Å². The third-order valence-corrected chi connectivity index (χ3v) is 7.94. The fourth-order valence-corrected chi connectivity index (χ4v) is 4.34. The Balaban J connectivity index is 0.000000322. The van der Waals surface area contributed by atoms with Crippen LogP contribution in [0, 0.1) is 65.5 Å². The molecular formula is C50H64N2O3. The normalized spacial score (nSPS) is 10.8. The van der Waals surface area contributed by atoms with Gasteiger partial charge in [-0.3, -0.25) is 10.1 Å². The zero-order chi connectivity index (χ0) is 40.7. The van der Waals surface area contributed by atoms with E-state index in [0.29, 0.717) is 0 Å². The summed E-state index contributed by atoms with van der Waals surface area (Å²) in [5.41, 5.74) is 11.9. The topological polar surface area (TPSA) is 64.4 Å². The Morgan fingerprint density at radius 2 is 0.727 bits per heavy atom. The Morgan fingerprint density at radius 3 is 0.909 bits per heavy atom. The minimum atomic E-state index is -0.403. The molecule has 0 amide bonds. The highest BCUT2D eigenvalue weighted by Gasteiger charge is 2.00. The van der Waals surface area contributed by atoms with Gasteiger partial charge in [-0.05, 0) is 67.4 Å². The maximum atomic E-state index is 10.1. The molecule has 6 aromatic carbocycles. The Hall–Kier alpha value is -5.36. The lowest BCUT2D eigenvalue weighted by atomic mass is 10.2. The van der Waals surface area contributed by atoms with Crippen LogP contribution in [0.4, 0.5) is 5.69 Å². The summed E-state index contributed by atoms with van der Waals surface area (Å²) in [6, 6.07) is 52.6. The molecule has 292 valence electrons. The van der Waals surface area contributed by atoms with Gasteiger partial charge in [-0.2, -0.15) is 0 Å². The lowest BCUT2D eigenvalue weighted by Crippen LogP contribution is -2.30. The van der Waals surface area contributed by atoms with Crippen LogP contribution in [0.25, 0.3) is 0 Å². The fraction of sp³-hybridized carbons (Fsp3) is 0.280. The van der Waals surface area contributed by atoms with Crippen molar-refractivity contribution >= 4 is 5.69 Å². The SMILES string of the molecule is C1COCCN1.CCc1ccccc1.Cc1ccc(C)cc1.Cc1ccc(C)cc1.Cc1ccc(C)cc1.Cc1ccc([N+](=O)[O-])cc1.Cc1ccccc1. The third-order valence-electron chi connectivity index (χ3n) is 7.94. The van der Waals surface area contributed by atoms with E-state index >= 15 is 0 Å². The molecule has 1 heterocycles.